The maximum Gasteiger partial charge on any atom is 0.224 e. The van der Waals surface area contributed by atoms with Crippen LogP contribution in [0.25, 0.3) is 10.8 Å². The zero-order valence-electron chi connectivity index (χ0n) is 19.7. The third kappa shape index (κ3) is 6.34. The number of fused-ring (bicyclic) bond motifs is 1. The van der Waals surface area contributed by atoms with Gasteiger partial charge in [0.1, 0.15) is 0 Å². The maximum absolute atomic E-state index is 12.5. The lowest BCUT2D eigenvalue weighted by Gasteiger charge is -2.27. The van der Waals surface area contributed by atoms with Crippen LogP contribution < -0.4 is 10.6 Å². The van der Waals surface area contributed by atoms with Gasteiger partial charge in [0.05, 0.1) is 12.8 Å². The minimum Gasteiger partial charge on any atom is -0.353 e. The number of carbonyl (C=O) groups is 2. The summed E-state index contributed by atoms with van der Waals surface area (Å²) in [6.45, 7) is 4.55. The van der Waals surface area contributed by atoms with Crippen molar-refractivity contribution in [3.8, 4) is 0 Å². The van der Waals surface area contributed by atoms with Crippen molar-refractivity contribution in [1.82, 2.24) is 10.6 Å². The molecule has 2 aliphatic rings. The van der Waals surface area contributed by atoms with Crippen LogP contribution in [0.15, 0.2) is 36.4 Å². The summed E-state index contributed by atoms with van der Waals surface area (Å²) in [5.74, 6) is 1.65. The standard InChI is InChI=1S/C28H38N2O2/c1-19-5-3-7-25(13-19)29-27(31)17-21-9-11-24-16-22(10-12-23(24)15-21)18-28(32)30-26-8-4-6-20(2)14-26/h9-12,15-16,19-20,25-26H,3-8,13-14,17-18H2,1-2H3,(H,29,31)(H,30,32). The van der Waals surface area contributed by atoms with E-state index in [0.29, 0.717) is 36.8 Å². The van der Waals surface area contributed by atoms with E-state index in [1.807, 2.05) is 12.1 Å². The van der Waals surface area contributed by atoms with Gasteiger partial charge in [-0.1, -0.05) is 75.9 Å². The average molecular weight is 435 g/mol. The van der Waals surface area contributed by atoms with Crippen LogP contribution in [-0.4, -0.2) is 23.9 Å². The lowest BCUT2D eigenvalue weighted by atomic mass is 9.87. The zero-order chi connectivity index (χ0) is 22.5. The summed E-state index contributed by atoms with van der Waals surface area (Å²) in [7, 11) is 0. The predicted molar refractivity (Wildman–Crippen MR) is 130 cm³/mol. The third-order valence-corrected chi connectivity index (χ3v) is 7.30. The second-order valence-electron chi connectivity index (χ2n) is 10.4. The summed E-state index contributed by atoms with van der Waals surface area (Å²) < 4.78 is 0. The molecule has 2 saturated carbocycles. The Labute approximate surface area is 192 Å². The van der Waals surface area contributed by atoms with Crippen LogP contribution in [0.4, 0.5) is 0 Å². The van der Waals surface area contributed by atoms with Gasteiger partial charge in [0.25, 0.3) is 0 Å². The predicted octanol–water partition coefficient (Wildman–Crippen LogP) is 5.31. The first-order valence-corrected chi connectivity index (χ1v) is 12.5. The van der Waals surface area contributed by atoms with Crippen LogP contribution in [-0.2, 0) is 22.4 Å². The fourth-order valence-electron chi connectivity index (χ4n) is 5.62. The molecule has 4 heteroatoms. The Morgan fingerprint density at radius 2 is 1.16 bits per heavy atom. The first-order valence-electron chi connectivity index (χ1n) is 12.5. The summed E-state index contributed by atoms with van der Waals surface area (Å²) in [5.41, 5.74) is 2.08. The van der Waals surface area contributed by atoms with Crippen molar-refractivity contribution in [3.05, 3.63) is 47.5 Å². The molecule has 2 amide bonds. The normalized spacial score (nSPS) is 25.9. The Kier molecular flexibility index (Phi) is 7.49. The molecule has 0 spiro atoms. The molecule has 2 N–H and O–H groups in total. The molecule has 0 aliphatic heterocycles. The number of hydrogen-bond donors (Lipinski definition) is 2. The summed E-state index contributed by atoms with van der Waals surface area (Å²) in [5, 5.41) is 8.69. The minimum absolute atomic E-state index is 0.119. The molecule has 0 radical (unpaired) electrons. The zero-order valence-corrected chi connectivity index (χ0v) is 19.7. The van der Waals surface area contributed by atoms with Crippen molar-refractivity contribution in [2.45, 2.75) is 90.1 Å². The summed E-state index contributed by atoms with van der Waals surface area (Å²) in [4.78, 5) is 25.1. The van der Waals surface area contributed by atoms with Gasteiger partial charge in [0.2, 0.25) is 11.8 Å². The first kappa shape index (κ1) is 22.8. The molecule has 0 saturated heterocycles. The fourth-order valence-corrected chi connectivity index (χ4v) is 5.62. The number of rotatable bonds is 6. The lowest BCUT2D eigenvalue weighted by molar-refractivity contribution is -0.122. The van der Waals surface area contributed by atoms with Crippen LogP contribution in [0.3, 0.4) is 0 Å². The number of carbonyl (C=O) groups excluding carboxylic acids is 2. The lowest BCUT2D eigenvalue weighted by Crippen LogP contribution is -2.38. The van der Waals surface area contributed by atoms with Gasteiger partial charge in [-0.2, -0.15) is 0 Å². The molecular weight excluding hydrogens is 396 g/mol. The fraction of sp³-hybridized carbons (Fsp3) is 0.571. The van der Waals surface area contributed by atoms with Crippen molar-refractivity contribution in [2.24, 2.45) is 11.8 Å². The molecule has 0 heterocycles. The van der Waals surface area contributed by atoms with E-state index >= 15 is 0 Å². The van der Waals surface area contributed by atoms with Crippen molar-refractivity contribution < 1.29 is 9.59 Å². The second-order valence-corrected chi connectivity index (χ2v) is 10.4. The molecule has 4 atom stereocenters. The highest BCUT2D eigenvalue weighted by Crippen LogP contribution is 2.25. The van der Waals surface area contributed by atoms with Gasteiger partial charge < -0.3 is 10.6 Å². The van der Waals surface area contributed by atoms with Gasteiger partial charge in [-0.3, -0.25) is 9.59 Å². The smallest absolute Gasteiger partial charge is 0.224 e. The highest BCUT2D eigenvalue weighted by Gasteiger charge is 2.21. The third-order valence-electron chi connectivity index (χ3n) is 7.30. The van der Waals surface area contributed by atoms with Crippen LogP contribution >= 0.6 is 0 Å². The van der Waals surface area contributed by atoms with E-state index in [-0.39, 0.29) is 11.8 Å². The summed E-state index contributed by atoms with van der Waals surface area (Å²) in [6.07, 6.45) is 10.2. The van der Waals surface area contributed by atoms with Gasteiger partial charge in [0, 0.05) is 12.1 Å². The quantitative estimate of drug-likeness (QED) is 0.647. The summed E-state index contributed by atoms with van der Waals surface area (Å²) >= 11 is 0. The molecule has 2 aliphatic carbocycles. The molecule has 2 aromatic rings. The van der Waals surface area contributed by atoms with Crippen molar-refractivity contribution in [1.29, 1.82) is 0 Å². The molecular formula is C28H38N2O2. The molecule has 4 rings (SSSR count). The van der Waals surface area contributed by atoms with E-state index in [1.165, 1.54) is 25.7 Å². The summed E-state index contributed by atoms with van der Waals surface area (Å²) in [6, 6.07) is 13.1. The first-order chi connectivity index (χ1) is 15.4. The SMILES string of the molecule is CC1CCCC(NC(=O)Cc2ccc3cc(CC(=O)NC4CCCC(C)C4)ccc3c2)C1. The molecule has 4 unspecified atom stereocenters. The van der Waals surface area contributed by atoms with Gasteiger partial charge in [-0.15, -0.1) is 0 Å². The molecule has 0 bridgehead atoms. The Bertz CT molecular complexity index is 876. The van der Waals surface area contributed by atoms with Crippen molar-refractivity contribution >= 4 is 22.6 Å². The number of nitrogens with one attached hydrogen (secondary N) is 2. The number of amides is 2. The molecule has 172 valence electrons. The van der Waals surface area contributed by atoms with Gasteiger partial charge in [-0.25, -0.2) is 0 Å². The highest BCUT2D eigenvalue weighted by atomic mass is 16.2. The topological polar surface area (TPSA) is 58.2 Å². The molecule has 2 fully saturated rings. The van der Waals surface area contributed by atoms with E-state index in [4.69, 9.17) is 0 Å². The minimum atomic E-state index is 0.119. The van der Waals surface area contributed by atoms with Gasteiger partial charge in [0.15, 0.2) is 0 Å². The van der Waals surface area contributed by atoms with Gasteiger partial charge in [-0.05, 0) is 59.4 Å². The van der Waals surface area contributed by atoms with Crippen LogP contribution in [0.2, 0.25) is 0 Å². The average Bonchev–Trinajstić information content (AvgIpc) is 2.73. The Morgan fingerprint density at radius 1 is 0.719 bits per heavy atom. The maximum atomic E-state index is 12.5. The monoisotopic (exact) mass is 434 g/mol. The largest absolute Gasteiger partial charge is 0.353 e. The Hall–Kier alpha value is -2.36. The van der Waals surface area contributed by atoms with Crippen LogP contribution in [0.5, 0.6) is 0 Å². The Morgan fingerprint density at radius 3 is 1.56 bits per heavy atom. The van der Waals surface area contributed by atoms with Crippen LogP contribution in [0.1, 0.15) is 76.3 Å². The molecule has 4 nitrogen and oxygen atoms in total. The number of benzene rings is 2. The van der Waals surface area contributed by atoms with Crippen molar-refractivity contribution in [3.63, 3.8) is 0 Å². The highest BCUT2D eigenvalue weighted by molar-refractivity contribution is 5.87. The number of hydrogen-bond acceptors (Lipinski definition) is 2. The second kappa shape index (κ2) is 10.5. The van der Waals surface area contributed by atoms with Crippen molar-refractivity contribution in [2.75, 3.05) is 0 Å². The Balaban J connectivity index is 1.32. The van der Waals surface area contributed by atoms with E-state index in [1.54, 1.807) is 0 Å². The van der Waals surface area contributed by atoms with E-state index in [0.717, 1.165) is 47.6 Å². The molecule has 32 heavy (non-hydrogen) atoms. The van der Waals surface area contributed by atoms with Crippen LogP contribution in [0, 0.1) is 11.8 Å². The molecule has 2 aromatic carbocycles. The van der Waals surface area contributed by atoms with E-state index in [9.17, 15) is 9.59 Å². The molecule has 0 aromatic heterocycles. The van der Waals surface area contributed by atoms with Gasteiger partial charge >= 0.3 is 0 Å². The van der Waals surface area contributed by atoms with E-state index in [2.05, 4.69) is 48.7 Å². The van der Waals surface area contributed by atoms with E-state index < -0.39 is 0 Å².